The largest absolute Gasteiger partial charge is 0.478 e. The van der Waals surface area contributed by atoms with Crippen LogP contribution < -0.4 is 10.6 Å². The van der Waals surface area contributed by atoms with E-state index in [4.69, 9.17) is 5.11 Å². The van der Waals surface area contributed by atoms with E-state index in [1.54, 1.807) is 0 Å². The summed E-state index contributed by atoms with van der Waals surface area (Å²) < 4.78 is 0. The number of aromatic carboxylic acids is 1. The Balaban J connectivity index is 2.46. The summed E-state index contributed by atoms with van der Waals surface area (Å²) in [5.41, 5.74) is 0.683. The number of aromatic nitrogens is 1. The molecule has 0 aliphatic rings. The Bertz CT molecular complexity index is 432. The second kappa shape index (κ2) is 6.70. The average molecular weight is 251 g/mol. The van der Waals surface area contributed by atoms with Crippen LogP contribution in [0.4, 0.5) is 0 Å². The smallest absolute Gasteiger partial charge is 0.335 e. The lowest BCUT2D eigenvalue weighted by Gasteiger charge is -2.08. The maximum Gasteiger partial charge on any atom is 0.335 e. The van der Waals surface area contributed by atoms with Crippen LogP contribution in [0.1, 0.15) is 29.9 Å². The number of nitrogens with zero attached hydrogens (tertiary/aromatic N) is 1. The molecule has 0 aliphatic carbocycles. The number of amides is 1. The van der Waals surface area contributed by atoms with Gasteiger partial charge in [0.25, 0.3) is 0 Å². The number of pyridine rings is 1. The third-order valence-corrected chi connectivity index (χ3v) is 2.20. The molecule has 0 spiro atoms. The molecule has 6 heteroatoms. The van der Waals surface area contributed by atoms with E-state index in [1.165, 1.54) is 18.3 Å². The molecule has 0 bridgehead atoms. The van der Waals surface area contributed by atoms with Crippen molar-refractivity contribution in [2.45, 2.75) is 26.4 Å². The molecule has 0 radical (unpaired) electrons. The summed E-state index contributed by atoms with van der Waals surface area (Å²) in [5, 5.41) is 14.5. The van der Waals surface area contributed by atoms with Gasteiger partial charge in [-0.05, 0) is 12.1 Å². The maximum absolute atomic E-state index is 11.4. The molecular weight excluding hydrogens is 234 g/mol. The minimum Gasteiger partial charge on any atom is -0.478 e. The van der Waals surface area contributed by atoms with Gasteiger partial charge in [0.2, 0.25) is 5.91 Å². The summed E-state index contributed by atoms with van der Waals surface area (Å²) in [6.45, 7) is 4.35. The average Bonchev–Trinajstić information content (AvgIpc) is 2.34. The van der Waals surface area contributed by atoms with Crippen molar-refractivity contribution in [2.75, 3.05) is 6.54 Å². The van der Waals surface area contributed by atoms with Crippen LogP contribution in [0.15, 0.2) is 18.3 Å². The highest BCUT2D eigenvalue weighted by Crippen LogP contribution is 2.01. The zero-order valence-electron chi connectivity index (χ0n) is 10.4. The first kappa shape index (κ1) is 14.1. The van der Waals surface area contributed by atoms with Crippen molar-refractivity contribution < 1.29 is 14.7 Å². The van der Waals surface area contributed by atoms with Gasteiger partial charge in [0.1, 0.15) is 0 Å². The van der Waals surface area contributed by atoms with E-state index in [0.29, 0.717) is 5.69 Å². The molecule has 0 atom stereocenters. The summed E-state index contributed by atoms with van der Waals surface area (Å²) in [6.07, 6.45) is 1.41. The van der Waals surface area contributed by atoms with Crippen molar-refractivity contribution in [3.8, 4) is 0 Å². The van der Waals surface area contributed by atoms with Gasteiger partial charge in [-0.2, -0.15) is 0 Å². The topological polar surface area (TPSA) is 91.3 Å². The number of carbonyl (C=O) groups is 2. The first-order chi connectivity index (χ1) is 8.49. The molecule has 1 heterocycles. The van der Waals surface area contributed by atoms with Crippen LogP contribution >= 0.6 is 0 Å². The van der Waals surface area contributed by atoms with Crippen molar-refractivity contribution >= 4 is 11.9 Å². The van der Waals surface area contributed by atoms with Crippen LogP contribution in [0.25, 0.3) is 0 Å². The van der Waals surface area contributed by atoms with Crippen LogP contribution in [-0.4, -0.2) is 34.6 Å². The molecule has 1 aromatic rings. The SMILES string of the molecule is CC(C)NCC(=O)NCc1cc(C(=O)O)ccn1. The first-order valence-electron chi connectivity index (χ1n) is 5.67. The Kier molecular flexibility index (Phi) is 5.26. The van der Waals surface area contributed by atoms with Gasteiger partial charge in [0.05, 0.1) is 24.3 Å². The van der Waals surface area contributed by atoms with Gasteiger partial charge in [0, 0.05) is 12.2 Å². The van der Waals surface area contributed by atoms with E-state index < -0.39 is 5.97 Å². The molecule has 98 valence electrons. The molecule has 1 aromatic heterocycles. The number of carboxylic acids is 1. The molecule has 0 aliphatic heterocycles. The zero-order valence-corrected chi connectivity index (χ0v) is 10.4. The molecule has 1 rings (SSSR count). The van der Waals surface area contributed by atoms with Gasteiger partial charge >= 0.3 is 5.97 Å². The third kappa shape index (κ3) is 4.92. The van der Waals surface area contributed by atoms with E-state index >= 15 is 0 Å². The predicted molar refractivity (Wildman–Crippen MR) is 66.2 cm³/mol. The van der Waals surface area contributed by atoms with E-state index in [-0.39, 0.29) is 30.6 Å². The van der Waals surface area contributed by atoms with E-state index in [9.17, 15) is 9.59 Å². The number of hydrogen-bond acceptors (Lipinski definition) is 4. The molecule has 1 amide bonds. The first-order valence-corrected chi connectivity index (χ1v) is 5.67. The van der Waals surface area contributed by atoms with E-state index in [0.717, 1.165) is 0 Å². The Hall–Kier alpha value is -1.95. The van der Waals surface area contributed by atoms with Crippen molar-refractivity contribution in [1.82, 2.24) is 15.6 Å². The number of hydrogen-bond donors (Lipinski definition) is 3. The molecule has 0 aromatic carbocycles. The molecule has 0 saturated heterocycles. The molecule has 0 saturated carbocycles. The van der Waals surface area contributed by atoms with Gasteiger partial charge in [-0.1, -0.05) is 13.8 Å². The van der Waals surface area contributed by atoms with Crippen LogP contribution in [0.3, 0.4) is 0 Å². The maximum atomic E-state index is 11.4. The predicted octanol–water partition coefficient (Wildman–Crippen LogP) is 0.394. The van der Waals surface area contributed by atoms with Crippen LogP contribution in [0.2, 0.25) is 0 Å². The zero-order chi connectivity index (χ0) is 13.5. The second-order valence-corrected chi connectivity index (χ2v) is 4.15. The number of nitrogens with one attached hydrogen (secondary N) is 2. The van der Waals surface area contributed by atoms with E-state index in [1.807, 2.05) is 13.8 Å². The van der Waals surface area contributed by atoms with Crippen molar-refractivity contribution in [1.29, 1.82) is 0 Å². The fourth-order valence-electron chi connectivity index (χ4n) is 1.26. The highest BCUT2D eigenvalue weighted by Gasteiger charge is 2.06. The summed E-state index contributed by atoms with van der Waals surface area (Å²) >= 11 is 0. The molecule has 18 heavy (non-hydrogen) atoms. The number of rotatable bonds is 6. The van der Waals surface area contributed by atoms with Gasteiger partial charge < -0.3 is 15.7 Å². The van der Waals surface area contributed by atoms with Crippen molar-refractivity contribution in [3.63, 3.8) is 0 Å². The molecule has 6 nitrogen and oxygen atoms in total. The Morgan fingerprint density at radius 1 is 1.44 bits per heavy atom. The lowest BCUT2D eigenvalue weighted by Crippen LogP contribution is -2.36. The Morgan fingerprint density at radius 3 is 2.78 bits per heavy atom. The van der Waals surface area contributed by atoms with Gasteiger partial charge in [0.15, 0.2) is 0 Å². The standard InChI is InChI=1S/C12H17N3O3/c1-8(2)14-7-11(16)15-6-10-5-9(12(17)18)3-4-13-10/h3-5,8,14H,6-7H2,1-2H3,(H,15,16)(H,17,18). The lowest BCUT2D eigenvalue weighted by atomic mass is 10.2. The highest BCUT2D eigenvalue weighted by atomic mass is 16.4. The van der Waals surface area contributed by atoms with Crippen LogP contribution in [-0.2, 0) is 11.3 Å². The summed E-state index contributed by atoms with van der Waals surface area (Å²) in [5.74, 6) is -1.15. The second-order valence-electron chi connectivity index (χ2n) is 4.15. The monoisotopic (exact) mass is 251 g/mol. The van der Waals surface area contributed by atoms with Gasteiger partial charge in [-0.3, -0.25) is 9.78 Å². The van der Waals surface area contributed by atoms with Crippen LogP contribution in [0.5, 0.6) is 0 Å². The number of carboxylic acid groups (broad SMARTS) is 1. The molecule has 0 unspecified atom stereocenters. The normalized spacial score (nSPS) is 10.4. The quantitative estimate of drug-likeness (QED) is 0.680. The van der Waals surface area contributed by atoms with E-state index in [2.05, 4.69) is 15.6 Å². The van der Waals surface area contributed by atoms with Gasteiger partial charge in [-0.15, -0.1) is 0 Å². The highest BCUT2D eigenvalue weighted by molar-refractivity contribution is 5.87. The Labute approximate surface area is 105 Å². The summed E-state index contributed by atoms with van der Waals surface area (Å²) in [6, 6.07) is 3.09. The molecule has 0 fully saturated rings. The van der Waals surface area contributed by atoms with Crippen LogP contribution in [0, 0.1) is 0 Å². The lowest BCUT2D eigenvalue weighted by molar-refractivity contribution is -0.120. The third-order valence-electron chi connectivity index (χ3n) is 2.20. The fourth-order valence-corrected chi connectivity index (χ4v) is 1.26. The molecular formula is C12H17N3O3. The van der Waals surface area contributed by atoms with Crippen molar-refractivity contribution in [2.24, 2.45) is 0 Å². The minimum atomic E-state index is -1.01. The van der Waals surface area contributed by atoms with Gasteiger partial charge in [-0.25, -0.2) is 4.79 Å². The number of carbonyl (C=O) groups excluding carboxylic acids is 1. The summed E-state index contributed by atoms with van der Waals surface area (Å²) in [7, 11) is 0. The fraction of sp³-hybridized carbons (Fsp3) is 0.417. The Morgan fingerprint density at radius 2 is 2.17 bits per heavy atom. The van der Waals surface area contributed by atoms with Crippen molar-refractivity contribution in [3.05, 3.63) is 29.6 Å². The summed E-state index contributed by atoms with van der Waals surface area (Å²) in [4.78, 5) is 26.2. The minimum absolute atomic E-state index is 0.147. The molecule has 3 N–H and O–H groups in total.